The van der Waals surface area contributed by atoms with Crippen molar-refractivity contribution in [3.8, 4) is 11.5 Å². The van der Waals surface area contributed by atoms with Crippen molar-refractivity contribution >= 4 is 39.2 Å². The lowest BCUT2D eigenvalue weighted by Gasteiger charge is -2.26. The van der Waals surface area contributed by atoms with Crippen LogP contribution in [0.25, 0.3) is 0 Å². The van der Waals surface area contributed by atoms with E-state index in [0.29, 0.717) is 13.1 Å². The summed E-state index contributed by atoms with van der Waals surface area (Å²) in [7, 11) is -2.43. The lowest BCUT2D eigenvalue weighted by Crippen LogP contribution is -2.35. The molecule has 1 amide bonds. The van der Waals surface area contributed by atoms with Gasteiger partial charge in [-0.2, -0.15) is 4.31 Å². The minimum atomic E-state index is -3.80. The Bertz CT molecular complexity index is 1120. The van der Waals surface area contributed by atoms with Crippen molar-refractivity contribution in [3.63, 3.8) is 0 Å². The highest BCUT2D eigenvalue weighted by atomic mass is 35.5. The molecule has 11 heteroatoms. The summed E-state index contributed by atoms with van der Waals surface area (Å²) in [6, 6.07) is 8.11. The first kappa shape index (κ1) is 23.8. The Labute approximate surface area is 190 Å². The molecule has 0 aromatic heterocycles. The molecule has 1 heterocycles. The van der Waals surface area contributed by atoms with Crippen molar-refractivity contribution in [3.05, 3.63) is 47.0 Å². The maximum Gasteiger partial charge on any atom is 0.342 e. The maximum absolute atomic E-state index is 13.1. The Balaban J connectivity index is 1.70. The SMILES string of the molecule is COc1ccc(NC(=O)COC(=O)c2ccc(Cl)cc2O)cc1S(=O)(=O)N1CCCCC1. The molecule has 2 N–H and O–H groups in total. The zero-order valence-electron chi connectivity index (χ0n) is 17.3. The molecule has 0 atom stereocenters. The van der Waals surface area contributed by atoms with Crippen LogP contribution in [-0.4, -0.2) is 56.5 Å². The molecule has 1 saturated heterocycles. The zero-order chi connectivity index (χ0) is 23.3. The third-order valence-corrected chi connectivity index (χ3v) is 7.05. The predicted octanol–water partition coefficient (Wildman–Crippen LogP) is 3.02. The van der Waals surface area contributed by atoms with Crippen molar-refractivity contribution in [1.82, 2.24) is 4.31 Å². The molecule has 32 heavy (non-hydrogen) atoms. The number of phenolic OH excluding ortho intramolecular Hbond substituents is 1. The van der Waals surface area contributed by atoms with Gasteiger partial charge in [-0.25, -0.2) is 13.2 Å². The molecule has 1 fully saturated rings. The number of hydrogen-bond donors (Lipinski definition) is 2. The van der Waals surface area contributed by atoms with Gasteiger partial charge < -0.3 is 19.9 Å². The van der Waals surface area contributed by atoms with Gasteiger partial charge in [0.2, 0.25) is 10.0 Å². The number of methoxy groups -OCH3 is 1. The number of rotatable bonds is 7. The van der Waals surface area contributed by atoms with Crippen LogP contribution in [0.1, 0.15) is 29.6 Å². The molecule has 0 aliphatic carbocycles. The quantitative estimate of drug-likeness (QED) is 0.581. The van der Waals surface area contributed by atoms with Gasteiger partial charge in [0.05, 0.1) is 7.11 Å². The molecule has 0 unspecified atom stereocenters. The number of piperidine rings is 1. The van der Waals surface area contributed by atoms with E-state index in [1.54, 1.807) is 0 Å². The molecule has 3 rings (SSSR count). The first-order chi connectivity index (χ1) is 15.2. The number of sulfonamides is 1. The van der Waals surface area contributed by atoms with Gasteiger partial charge in [0, 0.05) is 23.8 Å². The summed E-state index contributed by atoms with van der Waals surface area (Å²) in [4.78, 5) is 24.3. The summed E-state index contributed by atoms with van der Waals surface area (Å²) in [5, 5.41) is 12.5. The van der Waals surface area contributed by atoms with Crippen molar-refractivity contribution in [1.29, 1.82) is 0 Å². The average Bonchev–Trinajstić information content (AvgIpc) is 2.78. The monoisotopic (exact) mass is 482 g/mol. The van der Waals surface area contributed by atoms with E-state index < -0.39 is 28.5 Å². The van der Waals surface area contributed by atoms with Crippen LogP contribution in [0, 0.1) is 0 Å². The smallest absolute Gasteiger partial charge is 0.342 e. The molecular formula is C21H23ClN2O7S. The number of hydrogen-bond acceptors (Lipinski definition) is 7. The Morgan fingerprint density at radius 1 is 1.12 bits per heavy atom. The summed E-state index contributed by atoms with van der Waals surface area (Å²) in [6.45, 7) is 0.215. The molecule has 1 aliphatic rings. The number of phenols is 1. The summed E-state index contributed by atoms with van der Waals surface area (Å²) in [5.41, 5.74) is 0.0679. The third-order valence-electron chi connectivity index (χ3n) is 4.89. The highest BCUT2D eigenvalue weighted by Gasteiger charge is 2.29. The predicted molar refractivity (Wildman–Crippen MR) is 118 cm³/mol. The Morgan fingerprint density at radius 2 is 1.84 bits per heavy atom. The molecular weight excluding hydrogens is 460 g/mol. The topological polar surface area (TPSA) is 122 Å². The third kappa shape index (κ3) is 5.50. The molecule has 0 saturated carbocycles. The normalized spacial score (nSPS) is 14.6. The van der Waals surface area contributed by atoms with Gasteiger partial charge in [-0.3, -0.25) is 4.79 Å². The molecule has 9 nitrogen and oxygen atoms in total. The van der Waals surface area contributed by atoms with E-state index in [-0.39, 0.29) is 32.7 Å². The van der Waals surface area contributed by atoms with Gasteiger partial charge in [-0.05, 0) is 49.2 Å². The summed E-state index contributed by atoms with van der Waals surface area (Å²) >= 11 is 5.72. The lowest BCUT2D eigenvalue weighted by molar-refractivity contribution is -0.119. The molecule has 0 radical (unpaired) electrons. The first-order valence-corrected chi connectivity index (χ1v) is 11.7. The van der Waals surface area contributed by atoms with Gasteiger partial charge in [0.1, 0.15) is 22.0 Å². The van der Waals surface area contributed by atoms with Crippen LogP contribution < -0.4 is 10.1 Å². The van der Waals surface area contributed by atoms with Crippen LogP contribution in [0.3, 0.4) is 0 Å². The number of esters is 1. The second-order valence-corrected chi connectivity index (χ2v) is 9.46. The van der Waals surface area contributed by atoms with Crippen molar-refractivity contribution in [2.45, 2.75) is 24.2 Å². The maximum atomic E-state index is 13.1. The number of nitrogens with zero attached hydrogens (tertiary/aromatic N) is 1. The molecule has 0 spiro atoms. The Morgan fingerprint density at radius 3 is 2.50 bits per heavy atom. The van der Waals surface area contributed by atoms with Crippen LogP contribution in [0.15, 0.2) is 41.3 Å². The van der Waals surface area contributed by atoms with E-state index in [9.17, 15) is 23.1 Å². The van der Waals surface area contributed by atoms with Gasteiger partial charge in [0.25, 0.3) is 5.91 Å². The standard InChI is InChI=1S/C21H23ClN2O7S/c1-30-18-8-6-15(12-19(18)32(28,29)24-9-3-2-4-10-24)23-20(26)13-31-21(27)16-7-5-14(22)11-17(16)25/h5-8,11-12,25H,2-4,9-10,13H2,1H3,(H,23,26). The van der Waals surface area contributed by atoms with E-state index in [1.807, 2.05) is 0 Å². The van der Waals surface area contributed by atoms with E-state index in [4.69, 9.17) is 21.1 Å². The number of amides is 1. The summed E-state index contributed by atoms with van der Waals surface area (Å²) in [6.07, 6.45) is 2.55. The Kier molecular flexibility index (Phi) is 7.60. The van der Waals surface area contributed by atoms with E-state index >= 15 is 0 Å². The molecule has 0 bridgehead atoms. The number of halogens is 1. The van der Waals surface area contributed by atoms with Crippen molar-refractivity contribution < 1.29 is 32.6 Å². The lowest BCUT2D eigenvalue weighted by atomic mass is 10.2. The minimum absolute atomic E-state index is 0.0530. The van der Waals surface area contributed by atoms with Crippen LogP contribution in [0.2, 0.25) is 5.02 Å². The van der Waals surface area contributed by atoms with Crippen LogP contribution in [0.4, 0.5) is 5.69 Å². The summed E-state index contributed by atoms with van der Waals surface area (Å²) in [5.74, 6) is -1.79. The number of benzene rings is 2. The van der Waals surface area contributed by atoms with Gasteiger partial charge >= 0.3 is 5.97 Å². The minimum Gasteiger partial charge on any atom is -0.507 e. The largest absolute Gasteiger partial charge is 0.507 e. The first-order valence-electron chi connectivity index (χ1n) is 9.86. The van der Waals surface area contributed by atoms with Crippen LogP contribution in [-0.2, 0) is 19.6 Å². The van der Waals surface area contributed by atoms with Crippen molar-refractivity contribution in [2.24, 2.45) is 0 Å². The zero-order valence-corrected chi connectivity index (χ0v) is 18.9. The second-order valence-electron chi connectivity index (χ2n) is 7.12. The van der Waals surface area contributed by atoms with E-state index in [1.165, 1.54) is 47.8 Å². The van der Waals surface area contributed by atoms with Crippen LogP contribution >= 0.6 is 11.6 Å². The highest BCUT2D eigenvalue weighted by molar-refractivity contribution is 7.89. The van der Waals surface area contributed by atoms with Gasteiger partial charge in [-0.1, -0.05) is 18.0 Å². The molecule has 2 aromatic carbocycles. The number of anilines is 1. The fourth-order valence-corrected chi connectivity index (χ4v) is 5.15. The second kappa shape index (κ2) is 10.2. The number of ether oxygens (including phenoxy) is 2. The number of nitrogens with one attached hydrogen (secondary N) is 1. The van der Waals surface area contributed by atoms with Crippen molar-refractivity contribution in [2.75, 3.05) is 32.1 Å². The van der Waals surface area contributed by atoms with Crippen LogP contribution in [0.5, 0.6) is 11.5 Å². The van der Waals surface area contributed by atoms with E-state index in [0.717, 1.165) is 19.3 Å². The number of aromatic hydroxyl groups is 1. The van der Waals surface area contributed by atoms with Gasteiger partial charge in [-0.15, -0.1) is 0 Å². The highest BCUT2D eigenvalue weighted by Crippen LogP contribution is 2.31. The average molecular weight is 483 g/mol. The number of carbonyl (C=O) groups is 2. The molecule has 1 aliphatic heterocycles. The number of carbonyl (C=O) groups excluding carboxylic acids is 2. The molecule has 172 valence electrons. The fraction of sp³-hybridized carbons (Fsp3) is 0.333. The fourth-order valence-electron chi connectivity index (χ4n) is 3.28. The van der Waals surface area contributed by atoms with E-state index in [2.05, 4.69) is 5.32 Å². The molecule has 2 aromatic rings. The Hall–Kier alpha value is -2.82. The summed E-state index contributed by atoms with van der Waals surface area (Å²) < 4.78 is 37.7. The van der Waals surface area contributed by atoms with Gasteiger partial charge in [0.15, 0.2) is 6.61 Å².